The molecule has 0 saturated heterocycles. The van der Waals surface area contributed by atoms with E-state index < -0.39 is 0 Å². The molecule has 2 aliphatic rings. The second-order valence-corrected chi connectivity index (χ2v) is 8.18. The van der Waals surface area contributed by atoms with Crippen LogP contribution in [0.2, 0.25) is 0 Å². The van der Waals surface area contributed by atoms with Gasteiger partial charge >= 0.3 is 0 Å². The molecule has 0 aromatic heterocycles. The number of nitrogens with zero attached hydrogens (tertiary/aromatic N) is 2. The first kappa shape index (κ1) is 20.1. The maximum absolute atomic E-state index is 12.6. The van der Waals surface area contributed by atoms with E-state index >= 15 is 0 Å². The van der Waals surface area contributed by atoms with Gasteiger partial charge in [0.1, 0.15) is 0 Å². The van der Waals surface area contributed by atoms with Gasteiger partial charge < -0.3 is 30.2 Å². The second-order valence-electron chi connectivity index (χ2n) is 8.18. The Kier molecular flexibility index (Phi) is 5.30. The molecule has 158 valence electrons. The number of phenolic OH excluding ortho intramolecular Hbond substituents is 4. The Morgan fingerprint density at radius 2 is 1.67 bits per heavy atom. The standard InChI is InChI=1S/C23H26N2O5/c1-24(13-17-7-16-10-21(28)22(29)12-18(16)17)4-2-5-25-6-3-14-8-19(26)20(27)9-15(14)11-23(25)30/h3,6,8-10,12,17,26-29H,2,4-5,7,11,13H2,1H3/t17-/m1/s1. The van der Waals surface area contributed by atoms with Crippen LogP contribution in [0.4, 0.5) is 0 Å². The number of aromatic hydroxyl groups is 4. The third-order valence-corrected chi connectivity index (χ3v) is 5.95. The Hall–Kier alpha value is -3.19. The number of hydrogen-bond donors (Lipinski definition) is 4. The fourth-order valence-electron chi connectivity index (χ4n) is 4.24. The van der Waals surface area contributed by atoms with Gasteiger partial charge in [0.05, 0.1) is 6.42 Å². The van der Waals surface area contributed by atoms with Crippen molar-refractivity contribution in [1.29, 1.82) is 0 Å². The molecule has 1 aliphatic heterocycles. The number of rotatable bonds is 6. The molecule has 1 heterocycles. The van der Waals surface area contributed by atoms with Gasteiger partial charge in [0.2, 0.25) is 5.91 Å². The van der Waals surface area contributed by atoms with Crippen LogP contribution in [-0.4, -0.2) is 62.8 Å². The van der Waals surface area contributed by atoms with Crippen LogP contribution in [0.1, 0.15) is 34.6 Å². The minimum absolute atomic E-state index is 0.0408. The summed E-state index contributed by atoms with van der Waals surface area (Å²) in [6.07, 6.45) is 5.40. The SMILES string of the molecule is CN(CCCN1C=Cc2cc(O)c(O)cc2CC1=O)C[C@H]1Cc2cc(O)c(O)cc21. The zero-order valence-corrected chi connectivity index (χ0v) is 16.9. The lowest BCUT2D eigenvalue weighted by molar-refractivity contribution is -0.127. The van der Waals surface area contributed by atoms with Crippen LogP contribution in [0.5, 0.6) is 23.0 Å². The summed E-state index contributed by atoms with van der Waals surface area (Å²) in [5.41, 5.74) is 3.60. The average Bonchev–Trinajstić information content (AvgIpc) is 2.83. The van der Waals surface area contributed by atoms with Crippen molar-refractivity contribution >= 4 is 12.0 Å². The molecular weight excluding hydrogens is 384 g/mol. The first-order valence-corrected chi connectivity index (χ1v) is 10.1. The largest absolute Gasteiger partial charge is 0.504 e. The highest BCUT2D eigenvalue weighted by Crippen LogP contribution is 2.41. The van der Waals surface area contributed by atoms with E-state index in [9.17, 15) is 25.2 Å². The summed E-state index contributed by atoms with van der Waals surface area (Å²) in [7, 11) is 2.04. The van der Waals surface area contributed by atoms with Crippen molar-refractivity contribution in [3.05, 3.63) is 52.7 Å². The molecule has 2 aromatic carbocycles. The minimum atomic E-state index is -0.217. The molecule has 0 bridgehead atoms. The van der Waals surface area contributed by atoms with Crippen LogP contribution >= 0.6 is 0 Å². The molecule has 30 heavy (non-hydrogen) atoms. The van der Waals surface area contributed by atoms with Crippen LogP contribution < -0.4 is 0 Å². The van der Waals surface area contributed by atoms with Crippen LogP contribution in [0, 0.1) is 0 Å². The van der Waals surface area contributed by atoms with E-state index in [4.69, 9.17) is 0 Å². The van der Waals surface area contributed by atoms with E-state index in [1.807, 2.05) is 7.05 Å². The Balaban J connectivity index is 1.29. The van der Waals surface area contributed by atoms with Crippen LogP contribution in [-0.2, 0) is 17.6 Å². The number of fused-ring (bicyclic) bond motifs is 2. The third kappa shape index (κ3) is 3.93. The lowest BCUT2D eigenvalue weighted by Gasteiger charge is -2.34. The molecule has 0 saturated carbocycles. The Morgan fingerprint density at radius 3 is 2.43 bits per heavy atom. The number of carbonyl (C=O) groups is 1. The fraction of sp³-hybridized carbons (Fsp3) is 0.348. The van der Waals surface area contributed by atoms with E-state index in [1.165, 1.54) is 12.1 Å². The molecule has 0 spiro atoms. The van der Waals surface area contributed by atoms with Crippen LogP contribution in [0.25, 0.3) is 6.08 Å². The number of amides is 1. The number of carbonyl (C=O) groups excluding carboxylic acids is 1. The minimum Gasteiger partial charge on any atom is -0.504 e. The average molecular weight is 410 g/mol. The van der Waals surface area contributed by atoms with Crippen molar-refractivity contribution < 1.29 is 25.2 Å². The normalized spacial score (nSPS) is 17.5. The van der Waals surface area contributed by atoms with Gasteiger partial charge in [-0.2, -0.15) is 0 Å². The lowest BCUT2D eigenvalue weighted by atomic mass is 9.77. The summed E-state index contributed by atoms with van der Waals surface area (Å²) < 4.78 is 0. The number of phenols is 4. The first-order valence-electron chi connectivity index (χ1n) is 10.1. The first-order chi connectivity index (χ1) is 14.3. The van der Waals surface area contributed by atoms with Gasteiger partial charge in [0, 0.05) is 25.2 Å². The molecular formula is C23H26N2O5. The molecule has 0 unspecified atom stereocenters. The predicted molar refractivity (Wildman–Crippen MR) is 113 cm³/mol. The molecule has 1 amide bonds. The molecule has 4 rings (SSSR count). The molecule has 0 fully saturated rings. The maximum Gasteiger partial charge on any atom is 0.230 e. The van der Waals surface area contributed by atoms with Crippen molar-refractivity contribution in [2.24, 2.45) is 0 Å². The highest BCUT2D eigenvalue weighted by atomic mass is 16.3. The van der Waals surface area contributed by atoms with Gasteiger partial charge in [-0.05, 0) is 79.0 Å². The van der Waals surface area contributed by atoms with Gasteiger partial charge in [0.25, 0.3) is 0 Å². The summed E-state index contributed by atoms with van der Waals surface area (Å²) >= 11 is 0. The zero-order valence-electron chi connectivity index (χ0n) is 16.9. The maximum atomic E-state index is 12.6. The van der Waals surface area contributed by atoms with E-state index in [-0.39, 0.29) is 35.3 Å². The van der Waals surface area contributed by atoms with Gasteiger partial charge in [0.15, 0.2) is 23.0 Å². The van der Waals surface area contributed by atoms with Crippen LogP contribution in [0.3, 0.4) is 0 Å². The summed E-state index contributed by atoms with van der Waals surface area (Å²) in [6.45, 7) is 2.26. The van der Waals surface area contributed by atoms with E-state index in [2.05, 4.69) is 4.90 Å². The monoisotopic (exact) mass is 410 g/mol. The van der Waals surface area contributed by atoms with Crippen molar-refractivity contribution in [3.63, 3.8) is 0 Å². The van der Waals surface area contributed by atoms with Crippen molar-refractivity contribution in [3.8, 4) is 23.0 Å². The quantitative estimate of drug-likeness (QED) is 0.546. The van der Waals surface area contributed by atoms with Crippen molar-refractivity contribution in [2.45, 2.75) is 25.2 Å². The highest BCUT2D eigenvalue weighted by molar-refractivity contribution is 5.84. The molecule has 7 heteroatoms. The summed E-state index contributed by atoms with van der Waals surface area (Å²) in [6, 6.07) is 6.20. The van der Waals surface area contributed by atoms with E-state index in [0.717, 1.165) is 42.6 Å². The third-order valence-electron chi connectivity index (χ3n) is 5.95. The Bertz CT molecular complexity index is 1020. The molecule has 4 N–H and O–H groups in total. The molecule has 2 aromatic rings. The molecule has 0 radical (unpaired) electrons. The highest BCUT2D eigenvalue weighted by Gasteiger charge is 2.28. The summed E-state index contributed by atoms with van der Waals surface area (Å²) in [5, 5.41) is 38.6. The summed E-state index contributed by atoms with van der Waals surface area (Å²) in [5.74, 6) is -0.251. The van der Waals surface area contributed by atoms with Gasteiger partial charge in [-0.15, -0.1) is 0 Å². The Labute approximate surface area is 175 Å². The van der Waals surface area contributed by atoms with Crippen molar-refractivity contribution in [2.75, 3.05) is 26.7 Å². The van der Waals surface area contributed by atoms with Gasteiger partial charge in [-0.1, -0.05) is 0 Å². The van der Waals surface area contributed by atoms with Crippen LogP contribution in [0.15, 0.2) is 30.5 Å². The fourth-order valence-corrected chi connectivity index (χ4v) is 4.24. The van der Waals surface area contributed by atoms with E-state index in [0.29, 0.717) is 18.0 Å². The van der Waals surface area contributed by atoms with Crippen molar-refractivity contribution in [1.82, 2.24) is 9.80 Å². The predicted octanol–water partition coefficient (Wildman–Crippen LogP) is 2.53. The lowest BCUT2D eigenvalue weighted by Crippen LogP contribution is -2.34. The number of hydrogen-bond acceptors (Lipinski definition) is 6. The van der Waals surface area contributed by atoms with Gasteiger partial charge in [-0.25, -0.2) is 0 Å². The molecule has 1 atom stereocenters. The molecule has 1 aliphatic carbocycles. The summed E-state index contributed by atoms with van der Waals surface area (Å²) in [4.78, 5) is 16.5. The number of likely N-dealkylation sites (N-methyl/N-ethyl adjacent to an activating group) is 1. The molecule has 7 nitrogen and oxygen atoms in total. The smallest absolute Gasteiger partial charge is 0.230 e. The number of benzene rings is 2. The Morgan fingerprint density at radius 1 is 1.00 bits per heavy atom. The van der Waals surface area contributed by atoms with E-state index in [1.54, 1.807) is 29.3 Å². The second kappa shape index (κ2) is 7.91. The van der Waals surface area contributed by atoms with Gasteiger partial charge in [-0.3, -0.25) is 4.79 Å². The topological polar surface area (TPSA) is 104 Å². The zero-order chi connectivity index (χ0) is 21.4.